The first-order chi connectivity index (χ1) is 12.4. The lowest BCUT2D eigenvalue weighted by Crippen LogP contribution is -2.23. The molecule has 0 radical (unpaired) electrons. The molecule has 0 atom stereocenters. The number of benzene rings is 1. The van der Waals surface area contributed by atoms with E-state index in [4.69, 9.17) is 4.74 Å². The molecule has 0 aliphatic heterocycles. The van der Waals surface area contributed by atoms with Crippen LogP contribution in [0.1, 0.15) is 27.7 Å². The molecular weight excluding hydrogens is 331 g/mol. The number of methoxy groups -OCH3 is 1. The van der Waals surface area contributed by atoms with Crippen LogP contribution in [0.25, 0.3) is 0 Å². The van der Waals surface area contributed by atoms with Crippen molar-refractivity contribution in [1.29, 1.82) is 0 Å². The van der Waals surface area contributed by atoms with Gasteiger partial charge >= 0.3 is 0 Å². The Kier molecular flexibility index (Phi) is 10.4. The van der Waals surface area contributed by atoms with Crippen LogP contribution in [0, 0.1) is 5.82 Å². The lowest BCUT2D eigenvalue weighted by molar-refractivity contribution is -0.116. The van der Waals surface area contributed by atoms with E-state index in [1.165, 1.54) is 20.2 Å². The standard InChI is InChI=1S/C19H23FN2O2.C2H6/c1-7-9-12(2)13(3)17(14(4)19(23)21-5)22-16-11-8-10-15(20)18(16)24-6;1-2/h7-11,22H,1,4H2,2-3,5-6H3,(H,21,23);1-2H3/b12-9+,17-13-;. The third kappa shape index (κ3) is 5.92. The highest BCUT2D eigenvalue weighted by atomic mass is 19.1. The fourth-order valence-electron chi connectivity index (χ4n) is 2.11. The third-order valence-electron chi connectivity index (χ3n) is 3.57. The minimum absolute atomic E-state index is 0.0675. The van der Waals surface area contributed by atoms with Crippen molar-refractivity contribution < 1.29 is 13.9 Å². The molecule has 1 aromatic rings. The normalized spacial score (nSPS) is 11.4. The molecule has 0 aliphatic carbocycles. The number of likely N-dealkylation sites (N-methyl/N-ethyl adjacent to an activating group) is 1. The zero-order valence-electron chi connectivity index (χ0n) is 16.5. The zero-order chi connectivity index (χ0) is 20.3. The van der Waals surface area contributed by atoms with Gasteiger partial charge in [-0.2, -0.15) is 0 Å². The molecular formula is C21H29FN2O2. The number of allylic oxidation sites excluding steroid dienone is 4. The second-order valence-electron chi connectivity index (χ2n) is 5.09. The van der Waals surface area contributed by atoms with Crippen LogP contribution in [0.15, 0.2) is 65.9 Å². The van der Waals surface area contributed by atoms with Gasteiger partial charge in [0.15, 0.2) is 11.6 Å². The SMILES string of the molecule is C=C/C=C(C)/C(C)=C(\Nc1cccc(F)c1OC)C(=C)C(=O)NC.CC. The topological polar surface area (TPSA) is 50.4 Å². The average molecular weight is 360 g/mol. The Morgan fingerprint density at radius 1 is 1.27 bits per heavy atom. The highest BCUT2D eigenvalue weighted by molar-refractivity contribution is 5.98. The van der Waals surface area contributed by atoms with E-state index >= 15 is 0 Å². The van der Waals surface area contributed by atoms with Gasteiger partial charge in [0.1, 0.15) is 0 Å². The number of anilines is 1. The summed E-state index contributed by atoms with van der Waals surface area (Å²) < 4.78 is 19.0. The first-order valence-electron chi connectivity index (χ1n) is 8.38. The van der Waals surface area contributed by atoms with Crippen molar-refractivity contribution in [3.63, 3.8) is 0 Å². The monoisotopic (exact) mass is 360 g/mol. The number of ether oxygens (including phenoxy) is 1. The van der Waals surface area contributed by atoms with Crippen molar-refractivity contribution in [3.05, 3.63) is 71.7 Å². The zero-order valence-corrected chi connectivity index (χ0v) is 16.5. The molecule has 142 valence electrons. The summed E-state index contributed by atoms with van der Waals surface area (Å²) in [6.07, 6.45) is 3.47. The van der Waals surface area contributed by atoms with Gasteiger partial charge in [-0.3, -0.25) is 4.79 Å². The Hall–Kier alpha value is -2.82. The number of carbonyl (C=O) groups is 1. The molecule has 1 amide bonds. The fraction of sp³-hybridized carbons (Fsp3) is 0.286. The lowest BCUT2D eigenvalue weighted by atomic mass is 10.0. The molecule has 0 saturated carbocycles. The van der Waals surface area contributed by atoms with Crippen LogP contribution < -0.4 is 15.4 Å². The van der Waals surface area contributed by atoms with Crippen LogP contribution in [-0.4, -0.2) is 20.1 Å². The number of para-hydroxylation sites is 1. The molecule has 0 spiro atoms. The summed E-state index contributed by atoms with van der Waals surface area (Å²) in [6.45, 7) is 15.2. The van der Waals surface area contributed by atoms with E-state index in [9.17, 15) is 9.18 Å². The maximum atomic E-state index is 13.9. The van der Waals surface area contributed by atoms with Gasteiger partial charge < -0.3 is 15.4 Å². The Balaban J connectivity index is 0.00000301. The summed E-state index contributed by atoms with van der Waals surface area (Å²) in [5, 5.41) is 5.61. The van der Waals surface area contributed by atoms with Crippen LogP contribution in [-0.2, 0) is 4.79 Å². The van der Waals surface area contributed by atoms with Crippen LogP contribution >= 0.6 is 0 Å². The molecule has 0 aliphatic rings. The first-order valence-corrected chi connectivity index (χ1v) is 8.38. The summed E-state index contributed by atoms with van der Waals surface area (Å²) in [6, 6.07) is 4.53. The Labute approximate surface area is 156 Å². The number of nitrogens with one attached hydrogen (secondary N) is 2. The first kappa shape index (κ1) is 23.2. The van der Waals surface area contributed by atoms with Crippen molar-refractivity contribution in [3.8, 4) is 5.75 Å². The van der Waals surface area contributed by atoms with Crippen LogP contribution in [0.2, 0.25) is 0 Å². The van der Waals surface area contributed by atoms with Crippen molar-refractivity contribution in [1.82, 2.24) is 5.32 Å². The molecule has 0 fully saturated rings. The van der Waals surface area contributed by atoms with Crippen LogP contribution in [0.3, 0.4) is 0 Å². The van der Waals surface area contributed by atoms with Gasteiger partial charge in [0.25, 0.3) is 5.91 Å². The predicted octanol–water partition coefficient (Wildman–Crippen LogP) is 4.98. The number of amides is 1. The van der Waals surface area contributed by atoms with Gasteiger partial charge in [0, 0.05) is 7.05 Å². The summed E-state index contributed by atoms with van der Waals surface area (Å²) in [5.74, 6) is -0.764. The molecule has 26 heavy (non-hydrogen) atoms. The largest absolute Gasteiger partial charge is 0.492 e. The molecule has 0 heterocycles. The maximum Gasteiger partial charge on any atom is 0.252 e. The molecule has 0 unspecified atom stereocenters. The molecule has 0 bridgehead atoms. The van der Waals surface area contributed by atoms with E-state index < -0.39 is 5.82 Å². The van der Waals surface area contributed by atoms with E-state index in [-0.39, 0.29) is 17.2 Å². The summed E-state index contributed by atoms with van der Waals surface area (Å²) in [5.41, 5.74) is 2.80. The van der Waals surface area contributed by atoms with Gasteiger partial charge in [-0.25, -0.2) is 4.39 Å². The molecule has 2 N–H and O–H groups in total. The Bertz CT molecular complexity index is 719. The lowest BCUT2D eigenvalue weighted by Gasteiger charge is -2.19. The van der Waals surface area contributed by atoms with Crippen molar-refractivity contribution in [2.24, 2.45) is 0 Å². The smallest absolute Gasteiger partial charge is 0.252 e. The second-order valence-corrected chi connectivity index (χ2v) is 5.09. The summed E-state index contributed by atoms with van der Waals surface area (Å²) in [4.78, 5) is 12.0. The van der Waals surface area contributed by atoms with Crippen molar-refractivity contribution >= 4 is 11.6 Å². The maximum absolute atomic E-state index is 13.9. The fourth-order valence-corrected chi connectivity index (χ4v) is 2.11. The molecule has 1 rings (SSSR count). The number of carbonyl (C=O) groups excluding carboxylic acids is 1. The number of hydrogen-bond acceptors (Lipinski definition) is 3. The van der Waals surface area contributed by atoms with E-state index in [2.05, 4.69) is 23.8 Å². The third-order valence-corrected chi connectivity index (χ3v) is 3.57. The van der Waals surface area contributed by atoms with Gasteiger partial charge in [-0.05, 0) is 37.1 Å². The van der Waals surface area contributed by atoms with Crippen LogP contribution in [0.5, 0.6) is 5.75 Å². The number of rotatable bonds is 7. The van der Waals surface area contributed by atoms with Crippen LogP contribution in [0.4, 0.5) is 10.1 Å². The predicted molar refractivity (Wildman–Crippen MR) is 108 cm³/mol. The van der Waals surface area contributed by atoms with E-state index in [0.717, 1.165) is 11.1 Å². The van der Waals surface area contributed by atoms with E-state index in [0.29, 0.717) is 11.4 Å². The average Bonchev–Trinajstić information content (AvgIpc) is 2.66. The number of halogens is 1. The minimum Gasteiger partial charge on any atom is -0.492 e. The minimum atomic E-state index is -0.497. The van der Waals surface area contributed by atoms with Crippen molar-refractivity contribution in [2.45, 2.75) is 27.7 Å². The quantitative estimate of drug-likeness (QED) is 0.532. The second kappa shape index (κ2) is 11.7. The summed E-state index contributed by atoms with van der Waals surface area (Å²) >= 11 is 0. The highest BCUT2D eigenvalue weighted by Crippen LogP contribution is 2.31. The van der Waals surface area contributed by atoms with Gasteiger partial charge in [-0.15, -0.1) is 0 Å². The van der Waals surface area contributed by atoms with E-state index in [1.807, 2.05) is 33.8 Å². The molecule has 0 aromatic heterocycles. The van der Waals surface area contributed by atoms with E-state index in [1.54, 1.807) is 18.2 Å². The van der Waals surface area contributed by atoms with Gasteiger partial charge in [-0.1, -0.05) is 45.2 Å². The Morgan fingerprint density at radius 3 is 2.38 bits per heavy atom. The number of hydrogen-bond donors (Lipinski definition) is 2. The van der Waals surface area contributed by atoms with Crippen molar-refractivity contribution in [2.75, 3.05) is 19.5 Å². The summed E-state index contributed by atoms with van der Waals surface area (Å²) in [7, 11) is 2.91. The molecule has 0 saturated heterocycles. The molecule has 1 aromatic carbocycles. The molecule has 4 nitrogen and oxygen atoms in total. The molecule has 5 heteroatoms. The highest BCUT2D eigenvalue weighted by Gasteiger charge is 2.17. The van der Waals surface area contributed by atoms with Gasteiger partial charge in [0.2, 0.25) is 0 Å². The Morgan fingerprint density at radius 2 is 1.88 bits per heavy atom. The van der Waals surface area contributed by atoms with Gasteiger partial charge in [0.05, 0.1) is 24.1 Å².